The first kappa shape index (κ1) is 25.3. The fraction of sp³-hybridized carbons (Fsp3) is 0.455. The normalized spacial score (nSPS) is 15.6. The molecule has 2 rings (SSSR count). The Hall–Kier alpha value is -3.01. The highest BCUT2D eigenvalue weighted by molar-refractivity contribution is 8.18. The molecule has 0 unspecified atom stereocenters. The van der Waals surface area contributed by atoms with Gasteiger partial charge in [0.1, 0.15) is 6.54 Å². The van der Waals surface area contributed by atoms with E-state index < -0.39 is 29.6 Å². The van der Waals surface area contributed by atoms with Crippen molar-refractivity contribution in [1.29, 1.82) is 0 Å². The molecule has 0 spiro atoms. The molecule has 10 heteroatoms. The average Bonchev–Trinajstić information content (AvgIpc) is 3.00. The number of carbonyl (C=O) groups is 4. The lowest BCUT2D eigenvalue weighted by molar-refractivity contribution is -0.150. The topological polar surface area (TPSA) is 108 Å². The molecular formula is C22H27NO8S. The first-order valence-corrected chi connectivity index (χ1v) is 11.1. The predicted molar refractivity (Wildman–Crippen MR) is 118 cm³/mol. The Bertz CT molecular complexity index is 898. The summed E-state index contributed by atoms with van der Waals surface area (Å²) in [5.41, 5.74) is 0.588. The molecular weight excluding hydrogens is 438 g/mol. The van der Waals surface area contributed by atoms with Gasteiger partial charge in [-0.2, -0.15) is 0 Å². The molecule has 1 aromatic rings. The van der Waals surface area contributed by atoms with E-state index in [1.54, 1.807) is 39.0 Å². The molecule has 1 saturated heterocycles. The van der Waals surface area contributed by atoms with Gasteiger partial charge in [0.2, 0.25) is 0 Å². The molecule has 1 aromatic carbocycles. The summed E-state index contributed by atoms with van der Waals surface area (Å²) < 4.78 is 21.0. The number of ether oxygens (including phenoxy) is 4. The maximum Gasteiger partial charge on any atom is 0.344 e. The minimum absolute atomic E-state index is 0.175. The highest BCUT2D eigenvalue weighted by atomic mass is 32.2. The van der Waals surface area contributed by atoms with Crippen LogP contribution >= 0.6 is 11.8 Å². The molecule has 0 aromatic heterocycles. The van der Waals surface area contributed by atoms with Crippen LogP contribution in [0.15, 0.2) is 23.1 Å². The van der Waals surface area contributed by atoms with Crippen LogP contribution in [0.25, 0.3) is 6.08 Å². The number of esters is 2. The largest absolute Gasteiger partial charge is 0.490 e. The van der Waals surface area contributed by atoms with Crippen molar-refractivity contribution in [3.8, 4) is 11.5 Å². The molecule has 0 saturated carbocycles. The molecule has 9 nitrogen and oxygen atoms in total. The van der Waals surface area contributed by atoms with E-state index >= 15 is 0 Å². The van der Waals surface area contributed by atoms with Gasteiger partial charge in [0.25, 0.3) is 11.1 Å². The number of benzene rings is 1. The van der Waals surface area contributed by atoms with Gasteiger partial charge in [-0.15, -0.1) is 0 Å². The molecule has 32 heavy (non-hydrogen) atoms. The standard InChI is InChI=1S/C22H27NO8S/c1-5-14(4)31-19(24)12-23-21(26)18(32-22(23)27)11-15-8-9-16(17(10-15)28-6-2)30-13-20(25)29-7-3/h8-11,14H,5-7,12-13H2,1-4H3/b18-11-/t14-/m1/s1. The van der Waals surface area contributed by atoms with Crippen molar-refractivity contribution in [2.24, 2.45) is 0 Å². The number of rotatable bonds is 11. The molecule has 1 atom stereocenters. The summed E-state index contributed by atoms with van der Waals surface area (Å²) >= 11 is 0.744. The van der Waals surface area contributed by atoms with Crippen LogP contribution in [0.5, 0.6) is 11.5 Å². The van der Waals surface area contributed by atoms with Gasteiger partial charge in [-0.25, -0.2) is 4.79 Å². The number of thioether (sulfide) groups is 1. The summed E-state index contributed by atoms with van der Waals surface area (Å²) in [4.78, 5) is 49.4. The van der Waals surface area contributed by atoms with Gasteiger partial charge < -0.3 is 18.9 Å². The van der Waals surface area contributed by atoms with E-state index in [4.69, 9.17) is 18.9 Å². The van der Waals surface area contributed by atoms with Crippen LogP contribution in [0.2, 0.25) is 0 Å². The maximum atomic E-state index is 12.6. The molecule has 0 bridgehead atoms. The van der Waals surface area contributed by atoms with E-state index in [0.29, 0.717) is 30.1 Å². The van der Waals surface area contributed by atoms with E-state index in [-0.39, 0.29) is 24.2 Å². The Morgan fingerprint density at radius 1 is 1.06 bits per heavy atom. The fourth-order valence-corrected chi connectivity index (χ4v) is 3.44. The van der Waals surface area contributed by atoms with Crippen LogP contribution in [-0.2, 0) is 23.9 Å². The molecule has 1 fully saturated rings. The van der Waals surface area contributed by atoms with E-state index in [1.807, 2.05) is 6.92 Å². The lowest BCUT2D eigenvalue weighted by atomic mass is 10.2. The highest BCUT2D eigenvalue weighted by Crippen LogP contribution is 2.34. The quantitative estimate of drug-likeness (QED) is 0.359. The fourth-order valence-electron chi connectivity index (χ4n) is 2.60. The van der Waals surface area contributed by atoms with Crippen molar-refractivity contribution in [3.63, 3.8) is 0 Å². The zero-order chi connectivity index (χ0) is 23.7. The average molecular weight is 466 g/mol. The second-order valence-corrected chi connectivity index (χ2v) is 7.70. The molecule has 0 aliphatic carbocycles. The summed E-state index contributed by atoms with van der Waals surface area (Å²) in [6.07, 6.45) is 1.87. The third-order valence-electron chi connectivity index (χ3n) is 4.28. The summed E-state index contributed by atoms with van der Waals surface area (Å²) in [5.74, 6) is -0.981. The lowest BCUT2D eigenvalue weighted by Gasteiger charge is -2.15. The van der Waals surface area contributed by atoms with Gasteiger partial charge in [0.15, 0.2) is 18.1 Å². The SMILES string of the molecule is CCOC(=O)COc1ccc(/C=C2\SC(=O)N(CC(=O)O[C@H](C)CC)C2=O)cc1OCC. The van der Waals surface area contributed by atoms with Crippen molar-refractivity contribution >= 4 is 40.9 Å². The number of hydrogen-bond acceptors (Lipinski definition) is 9. The Balaban J connectivity index is 2.14. The third-order valence-corrected chi connectivity index (χ3v) is 5.19. The minimum Gasteiger partial charge on any atom is -0.490 e. The molecule has 2 amide bonds. The first-order valence-electron chi connectivity index (χ1n) is 10.3. The maximum absolute atomic E-state index is 12.6. The van der Waals surface area contributed by atoms with Gasteiger partial charge in [0, 0.05) is 0 Å². The van der Waals surface area contributed by atoms with E-state index in [9.17, 15) is 19.2 Å². The van der Waals surface area contributed by atoms with Crippen LogP contribution in [0.4, 0.5) is 4.79 Å². The molecule has 174 valence electrons. The summed E-state index contributed by atoms with van der Waals surface area (Å²) in [5, 5.41) is -0.540. The van der Waals surface area contributed by atoms with E-state index in [0.717, 1.165) is 16.7 Å². The van der Waals surface area contributed by atoms with Crippen LogP contribution in [0.1, 0.15) is 39.7 Å². The Labute approximate surface area is 191 Å². The van der Waals surface area contributed by atoms with Gasteiger partial charge in [-0.05, 0) is 62.7 Å². The Morgan fingerprint density at radius 2 is 1.81 bits per heavy atom. The van der Waals surface area contributed by atoms with E-state index in [1.165, 1.54) is 6.08 Å². The molecule has 1 aliphatic heterocycles. The zero-order valence-corrected chi connectivity index (χ0v) is 19.4. The van der Waals surface area contributed by atoms with E-state index in [2.05, 4.69) is 0 Å². The molecule has 0 radical (unpaired) electrons. The smallest absolute Gasteiger partial charge is 0.344 e. The zero-order valence-electron chi connectivity index (χ0n) is 18.5. The summed E-state index contributed by atoms with van der Waals surface area (Å²) in [7, 11) is 0. The minimum atomic E-state index is -0.635. The Kier molecular flexibility index (Phi) is 9.58. The third kappa shape index (κ3) is 7.01. The number of amides is 2. The Morgan fingerprint density at radius 3 is 2.47 bits per heavy atom. The van der Waals surface area contributed by atoms with Crippen LogP contribution in [-0.4, -0.2) is 60.5 Å². The van der Waals surface area contributed by atoms with Gasteiger partial charge >= 0.3 is 11.9 Å². The van der Waals surface area contributed by atoms with Gasteiger partial charge in [-0.3, -0.25) is 19.3 Å². The number of nitrogens with zero attached hydrogens (tertiary/aromatic N) is 1. The molecule has 0 N–H and O–H groups in total. The molecule has 1 aliphatic rings. The second kappa shape index (κ2) is 12.1. The summed E-state index contributed by atoms with van der Waals surface area (Å²) in [6.45, 7) is 7.01. The van der Waals surface area contributed by atoms with Crippen LogP contribution in [0.3, 0.4) is 0 Å². The predicted octanol–water partition coefficient (Wildman–Crippen LogP) is 3.41. The van der Waals surface area contributed by atoms with Crippen LogP contribution < -0.4 is 9.47 Å². The monoisotopic (exact) mass is 465 g/mol. The van der Waals surface area contributed by atoms with Crippen molar-refractivity contribution < 1.29 is 38.1 Å². The van der Waals surface area contributed by atoms with Gasteiger partial charge in [-0.1, -0.05) is 13.0 Å². The number of imide groups is 1. The van der Waals surface area contributed by atoms with Crippen molar-refractivity contribution in [1.82, 2.24) is 4.90 Å². The number of hydrogen-bond donors (Lipinski definition) is 0. The lowest BCUT2D eigenvalue weighted by Crippen LogP contribution is -2.35. The van der Waals surface area contributed by atoms with Gasteiger partial charge in [0.05, 0.1) is 24.2 Å². The van der Waals surface area contributed by atoms with Crippen molar-refractivity contribution in [2.45, 2.75) is 40.2 Å². The highest BCUT2D eigenvalue weighted by Gasteiger charge is 2.36. The summed E-state index contributed by atoms with van der Waals surface area (Å²) in [6, 6.07) is 4.90. The van der Waals surface area contributed by atoms with Crippen molar-refractivity contribution in [3.05, 3.63) is 28.7 Å². The molecule has 1 heterocycles. The number of carbonyl (C=O) groups excluding carboxylic acids is 4. The second-order valence-electron chi connectivity index (χ2n) is 6.71. The van der Waals surface area contributed by atoms with Crippen LogP contribution in [0, 0.1) is 0 Å². The van der Waals surface area contributed by atoms with Crippen molar-refractivity contribution in [2.75, 3.05) is 26.4 Å². The first-order chi connectivity index (χ1) is 15.3.